The van der Waals surface area contributed by atoms with Crippen molar-refractivity contribution < 1.29 is 5.11 Å². The molecule has 0 fully saturated rings. The third kappa shape index (κ3) is 2.41. The minimum atomic E-state index is -0.537. The number of aromatic nitrogens is 2. The number of aliphatic hydroxyl groups excluding tert-OH is 1. The van der Waals surface area contributed by atoms with Gasteiger partial charge in [0.1, 0.15) is 0 Å². The van der Waals surface area contributed by atoms with Crippen molar-refractivity contribution in [2.45, 2.75) is 24.9 Å². The lowest BCUT2D eigenvalue weighted by atomic mass is 9.81. The van der Waals surface area contributed by atoms with Gasteiger partial charge in [-0.1, -0.05) is 23.7 Å². The van der Waals surface area contributed by atoms with Crippen LogP contribution in [0.2, 0.25) is 5.02 Å². The fourth-order valence-electron chi connectivity index (χ4n) is 2.59. The van der Waals surface area contributed by atoms with Gasteiger partial charge in [0, 0.05) is 16.8 Å². The second kappa shape index (κ2) is 4.79. The Morgan fingerprint density at radius 3 is 2.74 bits per heavy atom. The molecule has 1 aromatic heterocycles. The molecule has 3 N–H and O–H groups in total. The van der Waals surface area contributed by atoms with Crippen LogP contribution in [0.1, 0.15) is 35.3 Å². The number of fused-ring (bicyclic) bond motifs is 1. The average Bonchev–Trinajstić information content (AvgIpc) is 2.38. The van der Waals surface area contributed by atoms with Crippen LogP contribution in [0.25, 0.3) is 0 Å². The van der Waals surface area contributed by atoms with Gasteiger partial charge in [-0.2, -0.15) is 0 Å². The van der Waals surface area contributed by atoms with E-state index >= 15 is 0 Å². The summed E-state index contributed by atoms with van der Waals surface area (Å²) in [7, 11) is 0. The fourth-order valence-corrected chi connectivity index (χ4v) is 2.71. The van der Waals surface area contributed by atoms with Crippen molar-refractivity contribution in [3.8, 4) is 0 Å². The Morgan fingerprint density at radius 1 is 1.26 bits per heavy atom. The van der Waals surface area contributed by atoms with Crippen LogP contribution in [0, 0.1) is 0 Å². The van der Waals surface area contributed by atoms with Crippen LogP contribution in [0.5, 0.6) is 0 Å². The minimum absolute atomic E-state index is 0.231. The van der Waals surface area contributed by atoms with Crippen molar-refractivity contribution in [1.82, 2.24) is 9.97 Å². The van der Waals surface area contributed by atoms with Gasteiger partial charge in [-0.3, -0.25) is 0 Å². The molecule has 1 heterocycles. The lowest BCUT2D eigenvalue weighted by Crippen LogP contribution is -2.19. The highest BCUT2D eigenvalue weighted by Gasteiger charge is 2.28. The first kappa shape index (κ1) is 12.4. The van der Waals surface area contributed by atoms with Gasteiger partial charge < -0.3 is 10.8 Å². The molecule has 2 unspecified atom stereocenters. The second-order valence-corrected chi connectivity index (χ2v) is 5.27. The van der Waals surface area contributed by atoms with E-state index in [1.807, 2.05) is 24.3 Å². The summed E-state index contributed by atoms with van der Waals surface area (Å²) >= 11 is 5.89. The maximum atomic E-state index is 10.2. The molecule has 98 valence electrons. The van der Waals surface area contributed by atoms with Gasteiger partial charge >= 0.3 is 0 Å². The highest BCUT2D eigenvalue weighted by Crippen LogP contribution is 2.37. The normalized spacial score (nSPS) is 22.0. The van der Waals surface area contributed by atoms with Crippen LogP contribution in [0.3, 0.4) is 0 Å². The van der Waals surface area contributed by atoms with E-state index in [1.165, 1.54) is 0 Å². The Bertz CT molecular complexity index is 600. The number of halogens is 1. The third-order valence-corrected chi connectivity index (χ3v) is 3.82. The summed E-state index contributed by atoms with van der Waals surface area (Å²) in [5.41, 5.74) is 8.40. The number of nitrogens with zero attached hydrogens (tertiary/aromatic N) is 2. The summed E-state index contributed by atoms with van der Waals surface area (Å²) < 4.78 is 0. The number of anilines is 1. The van der Waals surface area contributed by atoms with Crippen LogP contribution in [-0.2, 0) is 6.42 Å². The van der Waals surface area contributed by atoms with Crippen molar-refractivity contribution in [3.05, 3.63) is 52.3 Å². The standard InChI is InChI=1S/C14H14ClN3O/c15-10-3-1-8(2-4-10)9-5-12-11(13(19)6-9)7-17-14(16)18-12/h1-4,7,9,13,19H,5-6H2,(H2,16,17,18). The summed E-state index contributed by atoms with van der Waals surface area (Å²) in [6.45, 7) is 0. The monoisotopic (exact) mass is 275 g/mol. The predicted molar refractivity (Wildman–Crippen MR) is 73.9 cm³/mol. The maximum absolute atomic E-state index is 10.2. The molecule has 0 saturated carbocycles. The Balaban J connectivity index is 1.93. The van der Waals surface area contributed by atoms with Gasteiger partial charge in [0.25, 0.3) is 0 Å². The molecule has 0 saturated heterocycles. The molecule has 4 nitrogen and oxygen atoms in total. The zero-order valence-electron chi connectivity index (χ0n) is 10.3. The van der Waals surface area contributed by atoms with E-state index in [2.05, 4.69) is 9.97 Å². The van der Waals surface area contributed by atoms with E-state index < -0.39 is 6.10 Å². The lowest BCUT2D eigenvalue weighted by Gasteiger charge is -2.27. The van der Waals surface area contributed by atoms with E-state index in [9.17, 15) is 5.11 Å². The van der Waals surface area contributed by atoms with Gasteiger partial charge in [-0.25, -0.2) is 9.97 Å². The van der Waals surface area contributed by atoms with E-state index in [1.54, 1.807) is 6.20 Å². The number of rotatable bonds is 1. The third-order valence-electron chi connectivity index (χ3n) is 3.57. The number of aliphatic hydroxyl groups is 1. The van der Waals surface area contributed by atoms with E-state index in [0.717, 1.165) is 23.2 Å². The molecule has 1 aliphatic carbocycles. The fraction of sp³-hybridized carbons (Fsp3) is 0.286. The van der Waals surface area contributed by atoms with Crippen LogP contribution >= 0.6 is 11.6 Å². The highest BCUT2D eigenvalue weighted by atomic mass is 35.5. The summed E-state index contributed by atoms with van der Waals surface area (Å²) in [5.74, 6) is 0.483. The van der Waals surface area contributed by atoms with Crippen LogP contribution in [0.4, 0.5) is 5.95 Å². The SMILES string of the molecule is Nc1ncc2c(n1)CC(c1ccc(Cl)cc1)CC2O. The van der Waals surface area contributed by atoms with Gasteiger partial charge in [0.15, 0.2) is 0 Å². The molecule has 5 heteroatoms. The summed E-state index contributed by atoms with van der Waals surface area (Å²) in [6.07, 6.45) is 2.52. The molecule has 19 heavy (non-hydrogen) atoms. The molecule has 0 bridgehead atoms. The molecular formula is C14H14ClN3O. The molecule has 0 radical (unpaired) electrons. The summed E-state index contributed by atoms with van der Waals surface area (Å²) in [4.78, 5) is 8.18. The van der Waals surface area contributed by atoms with Crippen molar-refractivity contribution in [2.24, 2.45) is 0 Å². The number of hydrogen-bond acceptors (Lipinski definition) is 4. The Labute approximate surface area is 116 Å². The molecule has 1 aliphatic rings. The highest BCUT2D eigenvalue weighted by molar-refractivity contribution is 6.30. The first-order valence-electron chi connectivity index (χ1n) is 6.18. The molecule has 2 aromatic rings. The Kier molecular flexibility index (Phi) is 3.12. The first-order valence-corrected chi connectivity index (χ1v) is 6.56. The van der Waals surface area contributed by atoms with Crippen LogP contribution < -0.4 is 5.73 Å². The zero-order valence-corrected chi connectivity index (χ0v) is 11.0. The molecule has 1 aromatic carbocycles. The van der Waals surface area contributed by atoms with Crippen molar-refractivity contribution in [1.29, 1.82) is 0 Å². The molecule has 0 amide bonds. The van der Waals surface area contributed by atoms with Gasteiger partial charge in [0.2, 0.25) is 5.95 Å². The number of nitrogens with two attached hydrogens (primary N) is 1. The van der Waals surface area contributed by atoms with Crippen LogP contribution in [-0.4, -0.2) is 15.1 Å². The first-order chi connectivity index (χ1) is 9.13. The lowest BCUT2D eigenvalue weighted by molar-refractivity contribution is 0.146. The van der Waals surface area contributed by atoms with E-state index in [-0.39, 0.29) is 11.9 Å². The average molecular weight is 276 g/mol. The van der Waals surface area contributed by atoms with Crippen molar-refractivity contribution >= 4 is 17.5 Å². The summed E-state index contributed by atoms with van der Waals surface area (Å²) in [6, 6.07) is 7.73. The Morgan fingerprint density at radius 2 is 2.00 bits per heavy atom. The van der Waals surface area contributed by atoms with Crippen LogP contribution in [0.15, 0.2) is 30.5 Å². The molecular weight excluding hydrogens is 262 g/mol. The minimum Gasteiger partial charge on any atom is -0.388 e. The zero-order chi connectivity index (χ0) is 13.4. The molecule has 0 aliphatic heterocycles. The maximum Gasteiger partial charge on any atom is 0.220 e. The smallest absolute Gasteiger partial charge is 0.220 e. The topological polar surface area (TPSA) is 72.0 Å². The molecule has 3 rings (SSSR count). The summed E-state index contributed by atoms with van der Waals surface area (Å²) in [5, 5.41) is 10.9. The number of benzene rings is 1. The van der Waals surface area contributed by atoms with Gasteiger partial charge in [-0.15, -0.1) is 0 Å². The largest absolute Gasteiger partial charge is 0.388 e. The molecule has 2 atom stereocenters. The predicted octanol–water partition coefficient (Wildman–Crippen LogP) is 2.48. The van der Waals surface area contributed by atoms with Crippen molar-refractivity contribution in [3.63, 3.8) is 0 Å². The van der Waals surface area contributed by atoms with Crippen molar-refractivity contribution in [2.75, 3.05) is 5.73 Å². The van der Waals surface area contributed by atoms with E-state index in [0.29, 0.717) is 11.4 Å². The Hall–Kier alpha value is -1.65. The molecule has 0 spiro atoms. The quantitative estimate of drug-likeness (QED) is 0.839. The van der Waals surface area contributed by atoms with Gasteiger partial charge in [0.05, 0.1) is 11.8 Å². The second-order valence-electron chi connectivity index (χ2n) is 4.83. The number of nitrogen functional groups attached to an aromatic ring is 1. The van der Waals surface area contributed by atoms with Gasteiger partial charge in [-0.05, 0) is 36.5 Å². The van der Waals surface area contributed by atoms with E-state index in [4.69, 9.17) is 17.3 Å². The number of hydrogen-bond donors (Lipinski definition) is 2.